The zero-order chi connectivity index (χ0) is 17.5. The van der Waals surface area contributed by atoms with Crippen LogP contribution >= 0.6 is 0 Å². The fraction of sp³-hybridized carbons (Fsp3) is 0.400. The Hall–Kier alpha value is -2.26. The lowest BCUT2D eigenvalue weighted by Gasteiger charge is -2.23. The van der Waals surface area contributed by atoms with Crippen molar-refractivity contribution in [1.29, 1.82) is 0 Å². The summed E-state index contributed by atoms with van der Waals surface area (Å²) >= 11 is 0. The lowest BCUT2D eigenvalue weighted by Crippen LogP contribution is -2.38. The van der Waals surface area contributed by atoms with Crippen molar-refractivity contribution < 1.29 is 13.3 Å². The van der Waals surface area contributed by atoms with Crippen LogP contribution in [0.5, 0.6) is 0 Å². The van der Waals surface area contributed by atoms with E-state index in [4.69, 9.17) is 0 Å². The van der Waals surface area contributed by atoms with Gasteiger partial charge < -0.3 is 4.90 Å². The molecule has 0 saturated carbocycles. The van der Waals surface area contributed by atoms with Crippen molar-refractivity contribution in [3.63, 3.8) is 0 Å². The van der Waals surface area contributed by atoms with Gasteiger partial charge in [-0.1, -0.05) is 0 Å². The molecule has 1 atom stereocenters. The highest BCUT2D eigenvalue weighted by Crippen LogP contribution is 2.26. The summed E-state index contributed by atoms with van der Waals surface area (Å²) in [5, 5.41) is 11.5. The SMILES string of the molecule is CN([C@@H]1CCN(c2ccc3cc([N+](=O)[O-])ccc3n2)C1)S(C)(=O)=O. The van der Waals surface area contributed by atoms with Gasteiger partial charge in [0.1, 0.15) is 5.82 Å². The molecule has 2 heterocycles. The van der Waals surface area contributed by atoms with Gasteiger partial charge in [-0.2, -0.15) is 0 Å². The third-order valence-corrected chi connectivity index (χ3v) is 5.74. The number of fused-ring (bicyclic) bond motifs is 1. The zero-order valence-electron chi connectivity index (χ0n) is 13.4. The van der Waals surface area contributed by atoms with Crippen LogP contribution in [0.15, 0.2) is 30.3 Å². The van der Waals surface area contributed by atoms with E-state index in [2.05, 4.69) is 4.98 Å². The molecule has 8 nitrogen and oxygen atoms in total. The molecule has 0 amide bonds. The van der Waals surface area contributed by atoms with Crippen molar-refractivity contribution in [2.24, 2.45) is 0 Å². The summed E-state index contributed by atoms with van der Waals surface area (Å²) in [7, 11) is -1.62. The van der Waals surface area contributed by atoms with Crippen LogP contribution in [0.3, 0.4) is 0 Å². The van der Waals surface area contributed by atoms with Gasteiger partial charge in [0.25, 0.3) is 5.69 Å². The Morgan fingerprint density at radius 1 is 1.33 bits per heavy atom. The number of rotatable bonds is 4. The third kappa shape index (κ3) is 3.17. The second-order valence-corrected chi connectivity index (χ2v) is 8.01. The van der Waals surface area contributed by atoms with Crippen molar-refractivity contribution in [3.8, 4) is 0 Å². The quantitative estimate of drug-likeness (QED) is 0.614. The number of pyridine rings is 1. The minimum absolute atomic E-state index is 0.0352. The molecule has 1 fully saturated rings. The molecular formula is C15H18N4O4S. The Morgan fingerprint density at radius 3 is 2.75 bits per heavy atom. The first-order valence-corrected chi connectivity index (χ1v) is 9.34. The summed E-state index contributed by atoms with van der Waals surface area (Å²) in [6.45, 7) is 1.30. The number of nitro groups is 1. The van der Waals surface area contributed by atoms with E-state index in [0.29, 0.717) is 17.4 Å². The van der Waals surface area contributed by atoms with Crippen LogP contribution in [0.1, 0.15) is 6.42 Å². The number of aromatic nitrogens is 1. The van der Waals surface area contributed by atoms with Crippen LogP contribution in [-0.2, 0) is 10.0 Å². The average molecular weight is 350 g/mol. The Kier molecular flexibility index (Phi) is 4.14. The summed E-state index contributed by atoms with van der Waals surface area (Å²) in [5.41, 5.74) is 0.714. The van der Waals surface area contributed by atoms with Crippen molar-refractivity contribution >= 4 is 32.4 Å². The summed E-state index contributed by atoms with van der Waals surface area (Å²) in [6.07, 6.45) is 1.94. The molecule has 1 aromatic carbocycles. The zero-order valence-corrected chi connectivity index (χ0v) is 14.2. The summed E-state index contributed by atoms with van der Waals surface area (Å²) in [4.78, 5) is 17.0. The summed E-state index contributed by atoms with van der Waals surface area (Å²) < 4.78 is 24.7. The predicted octanol–water partition coefficient (Wildman–Crippen LogP) is 1.61. The molecule has 2 aromatic rings. The Bertz CT molecular complexity index is 899. The molecule has 1 saturated heterocycles. The maximum Gasteiger partial charge on any atom is 0.270 e. The average Bonchev–Trinajstić information content (AvgIpc) is 3.01. The molecular weight excluding hydrogens is 332 g/mol. The number of non-ortho nitro benzene ring substituents is 1. The molecule has 0 radical (unpaired) electrons. The molecule has 3 rings (SSSR count). The number of likely N-dealkylation sites (N-methyl/N-ethyl adjacent to an activating group) is 1. The summed E-state index contributed by atoms with van der Waals surface area (Å²) in [5.74, 6) is 0.751. The molecule has 0 aliphatic carbocycles. The number of sulfonamides is 1. The molecule has 0 spiro atoms. The number of hydrogen-bond donors (Lipinski definition) is 0. The van der Waals surface area contributed by atoms with Crippen LogP contribution in [-0.4, -0.2) is 55.1 Å². The number of hydrogen-bond acceptors (Lipinski definition) is 6. The van der Waals surface area contributed by atoms with Gasteiger partial charge in [-0.3, -0.25) is 10.1 Å². The van der Waals surface area contributed by atoms with Gasteiger partial charge in [-0.05, 0) is 24.6 Å². The van der Waals surface area contributed by atoms with E-state index in [1.165, 1.54) is 22.7 Å². The maximum absolute atomic E-state index is 11.7. The second kappa shape index (κ2) is 5.99. The third-order valence-electron chi connectivity index (χ3n) is 4.39. The lowest BCUT2D eigenvalue weighted by atomic mass is 10.2. The van der Waals surface area contributed by atoms with Gasteiger partial charge in [0.2, 0.25) is 10.0 Å². The van der Waals surface area contributed by atoms with Crippen LogP contribution in [0.2, 0.25) is 0 Å². The highest BCUT2D eigenvalue weighted by atomic mass is 32.2. The highest BCUT2D eigenvalue weighted by Gasteiger charge is 2.30. The van der Waals surface area contributed by atoms with Gasteiger partial charge in [-0.15, -0.1) is 0 Å². The minimum atomic E-state index is -3.22. The Morgan fingerprint density at radius 2 is 2.08 bits per heavy atom. The second-order valence-electron chi connectivity index (χ2n) is 5.97. The van der Waals surface area contributed by atoms with E-state index in [9.17, 15) is 18.5 Å². The Balaban J connectivity index is 1.83. The van der Waals surface area contributed by atoms with E-state index in [1.807, 2.05) is 11.0 Å². The molecule has 0 N–H and O–H groups in total. The normalized spacial score (nSPS) is 18.5. The summed E-state index contributed by atoms with van der Waals surface area (Å²) in [6, 6.07) is 8.11. The van der Waals surface area contributed by atoms with E-state index >= 15 is 0 Å². The monoisotopic (exact) mass is 350 g/mol. The molecule has 1 aliphatic rings. The molecule has 9 heteroatoms. The largest absolute Gasteiger partial charge is 0.355 e. The van der Waals surface area contributed by atoms with Gasteiger partial charge in [0.15, 0.2) is 0 Å². The van der Waals surface area contributed by atoms with E-state index < -0.39 is 14.9 Å². The standard InChI is InChI=1S/C15H18N4O4S/c1-17(24(2,22)23)13-7-8-18(10-13)15-6-3-11-9-12(19(20)21)4-5-14(11)16-15/h3-6,9,13H,7-8,10H2,1-2H3/t13-/m1/s1. The number of nitrogens with zero attached hydrogens (tertiary/aromatic N) is 4. The van der Waals surface area contributed by atoms with Crippen LogP contribution < -0.4 is 4.90 Å². The molecule has 1 aromatic heterocycles. The first kappa shape index (κ1) is 16.6. The topological polar surface area (TPSA) is 96.7 Å². The van der Waals surface area contributed by atoms with Crippen molar-refractivity contribution in [2.75, 3.05) is 31.3 Å². The van der Waals surface area contributed by atoms with Crippen molar-refractivity contribution in [3.05, 3.63) is 40.4 Å². The van der Waals surface area contributed by atoms with Crippen LogP contribution in [0.4, 0.5) is 11.5 Å². The molecule has 0 unspecified atom stereocenters. The first-order valence-electron chi connectivity index (χ1n) is 7.49. The van der Waals surface area contributed by atoms with Gasteiger partial charge >= 0.3 is 0 Å². The predicted molar refractivity (Wildman–Crippen MR) is 91.6 cm³/mol. The highest BCUT2D eigenvalue weighted by molar-refractivity contribution is 7.88. The molecule has 0 bridgehead atoms. The molecule has 24 heavy (non-hydrogen) atoms. The van der Waals surface area contributed by atoms with Crippen LogP contribution in [0, 0.1) is 10.1 Å². The number of nitro benzene ring substituents is 1. The number of benzene rings is 1. The van der Waals surface area contributed by atoms with Gasteiger partial charge in [-0.25, -0.2) is 17.7 Å². The van der Waals surface area contributed by atoms with E-state index in [1.54, 1.807) is 19.2 Å². The fourth-order valence-electron chi connectivity index (χ4n) is 2.91. The lowest BCUT2D eigenvalue weighted by molar-refractivity contribution is -0.384. The molecule has 1 aliphatic heterocycles. The fourth-order valence-corrected chi connectivity index (χ4v) is 3.62. The van der Waals surface area contributed by atoms with Crippen LogP contribution in [0.25, 0.3) is 10.9 Å². The van der Waals surface area contributed by atoms with Crippen molar-refractivity contribution in [1.82, 2.24) is 9.29 Å². The van der Waals surface area contributed by atoms with Crippen molar-refractivity contribution in [2.45, 2.75) is 12.5 Å². The first-order chi connectivity index (χ1) is 11.3. The van der Waals surface area contributed by atoms with Gasteiger partial charge in [0.05, 0.1) is 16.7 Å². The van der Waals surface area contributed by atoms with E-state index in [-0.39, 0.29) is 11.7 Å². The number of anilines is 1. The molecule has 128 valence electrons. The Labute approximate surface area is 139 Å². The maximum atomic E-state index is 11.7. The minimum Gasteiger partial charge on any atom is -0.355 e. The smallest absolute Gasteiger partial charge is 0.270 e. The van der Waals surface area contributed by atoms with Gasteiger partial charge in [0, 0.05) is 43.7 Å². The van der Waals surface area contributed by atoms with E-state index in [0.717, 1.165) is 18.8 Å².